The zero-order chi connectivity index (χ0) is 3.58. The fraction of sp³-hybridized carbons (Fsp3) is 1.00. The maximum Gasteiger partial charge on any atom is 0.180 e. The second-order valence-electron chi connectivity index (χ2n) is 0.247. The van der Waals surface area contributed by atoms with Gasteiger partial charge in [0.2, 0.25) is 0 Å². The zero-order valence-corrected chi connectivity index (χ0v) is 4.33. The first-order valence-corrected chi connectivity index (χ1v) is 1.96. The van der Waals surface area contributed by atoms with Crippen LogP contribution < -0.4 is 0 Å². The Balaban J connectivity index is 0. The van der Waals surface area contributed by atoms with Gasteiger partial charge in [0.25, 0.3) is 0 Å². The predicted octanol–water partition coefficient (Wildman–Crippen LogP) is 1.99. The van der Waals surface area contributed by atoms with E-state index in [4.69, 9.17) is 34.8 Å². The number of hydrogen-bond donors (Lipinski definition) is 0. The van der Waals surface area contributed by atoms with Crippen LogP contribution in [0.1, 0.15) is 0 Å². The molecule has 0 spiro atoms. The van der Waals surface area contributed by atoms with E-state index in [1.165, 1.54) is 0 Å². The summed E-state index contributed by atoms with van der Waals surface area (Å²) in [6, 6.07) is 0. The first-order chi connectivity index (χ1) is 1.73. The molecule has 0 fully saturated rings. The van der Waals surface area contributed by atoms with Crippen molar-refractivity contribution in [2.45, 2.75) is 4.30 Å². The molecule has 0 aliphatic rings. The third kappa shape index (κ3) is 60.8. The topological polar surface area (TPSA) is 0 Å². The van der Waals surface area contributed by atoms with Crippen LogP contribution in [0, 0.1) is 6.15 Å². The van der Waals surface area contributed by atoms with E-state index in [2.05, 4.69) is 0 Å². The Hall–Kier alpha value is 0.779. The number of alkyl halides is 3. The van der Waals surface area contributed by atoms with Crippen molar-refractivity contribution in [3.8, 4) is 0 Å². The molecule has 5 heavy (non-hydrogen) atoms. The molecule has 0 bridgehead atoms. The molecule has 0 radical (unpaired) electrons. The van der Waals surface area contributed by atoms with Crippen molar-refractivity contribution in [2.24, 2.45) is 0 Å². The molecule has 0 nitrogen and oxygen atoms in total. The number of halogens is 3. The molecule has 0 rings (SSSR count). The van der Waals surface area contributed by atoms with E-state index < -0.39 is 4.30 Å². The Morgan fingerprint density at radius 3 is 1.00 bits per heavy atom. The summed E-state index contributed by atoms with van der Waals surface area (Å²) in [6.45, 7) is 0. The molecule has 0 aliphatic carbocycles. The summed E-state index contributed by atoms with van der Waals surface area (Å²) < 4.78 is -0.750. The average Bonchev–Trinajstić information content (AvgIpc) is 0.811. The van der Waals surface area contributed by atoms with Gasteiger partial charge in [-0.05, 0) is 0 Å². The van der Waals surface area contributed by atoms with Gasteiger partial charge >= 0.3 is 0 Å². The van der Waals surface area contributed by atoms with E-state index in [1.54, 1.807) is 0 Å². The Bertz CT molecular complexity index is 11.6. The van der Waals surface area contributed by atoms with E-state index in [0.717, 1.165) is 0 Å². The molecule has 0 unspecified atom stereocenters. The minimum Gasteiger partial charge on any atom is -0.0874 e. The minimum absolute atomic E-state index is 0. The molecule has 0 aromatic heterocycles. The molecular weight excluding hydrogens is 139 g/mol. The maximum absolute atomic E-state index is 4.81. The van der Waals surface area contributed by atoms with Crippen LogP contribution in [-0.4, -0.2) is 4.30 Å². The largest absolute Gasteiger partial charge is 0.180 e. The van der Waals surface area contributed by atoms with Crippen molar-refractivity contribution in [1.82, 2.24) is 0 Å². The minimum atomic E-state index is -0.750. The van der Waals surface area contributed by atoms with Gasteiger partial charge in [-0.2, -0.15) is 0 Å². The summed E-state index contributed by atoms with van der Waals surface area (Å²) >= 11 is 14.4. The van der Waals surface area contributed by atoms with Crippen molar-refractivity contribution >= 4 is 34.8 Å². The van der Waals surface area contributed by atoms with Crippen molar-refractivity contribution in [3.05, 3.63) is 0 Å². The molecule has 34 valence electrons. The van der Waals surface area contributed by atoms with E-state index in [9.17, 15) is 0 Å². The summed E-state index contributed by atoms with van der Waals surface area (Å²) in [4.78, 5) is 0. The first kappa shape index (κ1) is 9.24. The Labute approximate surface area is 45.8 Å². The normalized spacial score (nSPS) is 7.20. The summed E-state index contributed by atoms with van der Waals surface area (Å²) in [5.74, 6) is 0. The number of hydrogen-bond acceptors (Lipinski definition) is 0. The second-order valence-corrected chi connectivity index (χ2v) is 2.23. The van der Waals surface area contributed by atoms with Gasteiger partial charge in [0, 0.05) is 6.15 Å². The summed E-state index contributed by atoms with van der Waals surface area (Å²) in [5, 5.41) is 0. The summed E-state index contributed by atoms with van der Waals surface area (Å²) in [5.41, 5.74) is 0. The molecular formula is CHCl3Ne. The molecule has 0 aromatic carbocycles. The van der Waals surface area contributed by atoms with E-state index >= 15 is 0 Å². The van der Waals surface area contributed by atoms with Gasteiger partial charge in [-0.25, -0.2) is 0 Å². The fourth-order valence-electron chi connectivity index (χ4n) is 0. The van der Waals surface area contributed by atoms with Crippen LogP contribution in [0.5, 0.6) is 0 Å². The molecule has 0 amide bonds. The van der Waals surface area contributed by atoms with E-state index in [-0.39, 0.29) is 6.15 Å². The zero-order valence-electron chi connectivity index (χ0n) is 2.06. The van der Waals surface area contributed by atoms with Crippen molar-refractivity contribution in [3.63, 3.8) is 0 Å². The standard InChI is InChI=1S/CHCl3.Ne/c2-1(3)4;/h1H;. The third-order valence-electron chi connectivity index (χ3n) is 0. The van der Waals surface area contributed by atoms with Crippen LogP contribution in [-0.2, 0) is 0 Å². The van der Waals surface area contributed by atoms with E-state index in [0.29, 0.717) is 0 Å². The Morgan fingerprint density at radius 2 is 1.00 bits per heavy atom. The SMILES string of the molecule is ClC(Cl)Cl.[Ne]. The van der Waals surface area contributed by atoms with Crippen LogP contribution in [0.2, 0.25) is 0 Å². The number of rotatable bonds is 0. The van der Waals surface area contributed by atoms with E-state index in [1.807, 2.05) is 0 Å². The fourth-order valence-corrected chi connectivity index (χ4v) is 0. The molecule has 4 heteroatoms. The molecule has 0 heterocycles. The molecule has 0 saturated heterocycles. The van der Waals surface area contributed by atoms with Gasteiger partial charge in [0.1, 0.15) is 0 Å². The van der Waals surface area contributed by atoms with Crippen molar-refractivity contribution < 1.29 is 6.15 Å². The Morgan fingerprint density at radius 1 is 1.00 bits per heavy atom. The third-order valence-corrected chi connectivity index (χ3v) is 0. The van der Waals surface area contributed by atoms with Gasteiger partial charge in [0.15, 0.2) is 4.30 Å². The molecule has 0 aromatic rings. The van der Waals surface area contributed by atoms with Gasteiger partial charge < -0.3 is 0 Å². The molecule has 0 N–H and O–H groups in total. The second kappa shape index (κ2) is 4.78. The van der Waals surface area contributed by atoms with Crippen molar-refractivity contribution in [2.75, 3.05) is 0 Å². The van der Waals surface area contributed by atoms with Gasteiger partial charge in [-0.1, -0.05) is 34.8 Å². The van der Waals surface area contributed by atoms with Crippen molar-refractivity contribution in [1.29, 1.82) is 0 Å². The molecule has 0 saturated carbocycles. The van der Waals surface area contributed by atoms with Gasteiger partial charge in [-0.15, -0.1) is 0 Å². The predicted molar refractivity (Wildman–Crippen MR) is 21.3 cm³/mol. The van der Waals surface area contributed by atoms with Gasteiger partial charge in [0.05, 0.1) is 0 Å². The Kier molecular flexibility index (Phi) is 8.83. The van der Waals surface area contributed by atoms with Gasteiger partial charge in [-0.3, -0.25) is 0 Å². The summed E-state index contributed by atoms with van der Waals surface area (Å²) in [7, 11) is 0. The first-order valence-electron chi connectivity index (χ1n) is 0.655. The average molecular weight is 140 g/mol. The van der Waals surface area contributed by atoms with Crippen LogP contribution >= 0.6 is 34.8 Å². The van der Waals surface area contributed by atoms with Crippen LogP contribution in [0.4, 0.5) is 0 Å². The molecule has 0 aliphatic heterocycles. The van der Waals surface area contributed by atoms with Crippen LogP contribution in [0.25, 0.3) is 0 Å². The quantitative estimate of drug-likeness (QED) is 0.451. The molecule has 0 atom stereocenters. The smallest absolute Gasteiger partial charge is 0.0874 e. The maximum atomic E-state index is 4.81. The van der Waals surface area contributed by atoms with Crippen LogP contribution in [0.3, 0.4) is 0 Å². The summed E-state index contributed by atoms with van der Waals surface area (Å²) in [6.07, 6.45) is 0. The van der Waals surface area contributed by atoms with Crippen LogP contribution in [0.15, 0.2) is 0 Å². The monoisotopic (exact) mass is 138 g/mol.